The monoisotopic (exact) mass is 277 g/mol. The third-order valence-electron chi connectivity index (χ3n) is 2.11. The molecule has 96 valence electrons. The van der Waals surface area contributed by atoms with Gasteiger partial charge in [0.25, 0.3) is 0 Å². The highest BCUT2D eigenvalue weighted by Gasteiger charge is 2.24. The summed E-state index contributed by atoms with van der Waals surface area (Å²) in [5.74, 6) is 0. The lowest BCUT2D eigenvalue weighted by atomic mass is 10.5. The lowest BCUT2D eigenvalue weighted by Gasteiger charge is -2.18. The highest BCUT2D eigenvalue weighted by atomic mass is 32.2. The van der Waals surface area contributed by atoms with Crippen molar-refractivity contribution in [1.82, 2.24) is 4.31 Å². The van der Waals surface area contributed by atoms with E-state index >= 15 is 0 Å². The van der Waals surface area contributed by atoms with Crippen LogP contribution < -0.4 is 0 Å². The Morgan fingerprint density at radius 2 is 2.18 bits per heavy atom. The molecule has 0 aliphatic carbocycles. The van der Waals surface area contributed by atoms with Crippen LogP contribution >= 0.6 is 11.3 Å². The Hall–Kier alpha value is -0.730. The molecule has 0 unspecified atom stereocenters. The van der Waals surface area contributed by atoms with Crippen molar-refractivity contribution >= 4 is 21.4 Å². The van der Waals surface area contributed by atoms with E-state index in [0.29, 0.717) is 4.88 Å². The van der Waals surface area contributed by atoms with Gasteiger partial charge in [-0.2, -0.15) is 4.31 Å². The summed E-state index contributed by atoms with van der Waals surface area (Å²) in [6.07, 6.45) is 1.46. The Morgan fingerprint density at radius 3 is 2.65 bits per heavy atom. The first-order valence-corrected chi connectivity index (χ1v) is 7.28. The van der Waals surface area contributed by atoms with Crippen LogP contribution in [0.15, 0.2) is 29.0 Å². The van der Waals surface area contributed by atoms with E-state index in [4.69, 9.17) is 10.2 Å². The van der Waals surface area contributed by atoms with E-state index in [2.05, 4.69) is 6.58 Å². The Kier molecular flexibility index (Phi) is 5.29. The van der Waals surface area contributed by atoms with Crippen molar-refractivity contribution in [2.45, 2.75) is 11.5 Å². The van der Waals surface area contributed by atoms with Gasteiger partial charge < -0.3 is 10.2 Å². The Labute approximate surface area is 105 Å². The smallest absolute Gasteiger partial charge is 0.244 e. The summed E-state index contributed by atoms with van der Waals surface area (Å²) in [4.78, 5) is 0.730. The van der Waals surface area contributed by atoms with Gasteiger partial charge in [0.2, 0.25) is 10.0 Å². The van der Waals surface area contributed by atoms with Crippen molar-refractivity contribution in [2.75, 3.05) is 19.7 Å². The van der Waals surface area contributed by atoms with Gasteiger partial charge in [-0.15, -0.1) is 17.9 Å². The zero-order valence-corrected chi connectivity index (χ0v) is 10.9. The second kappa shape index (κ2) is 6.27. The molecule has 1 aromatic rings. The van der Waals surface area contributed by atoms with Gasteiger partial charge in [0.15, 0.2) is 0 Å². The maximum absolute atomic E-state index is 12.1. The number of hydrogen-bond acceptors (Lipinski definition) is 5. The molecule has 0 aliphatic rings. The molecule has 0 aliphatic heterocycles. The summed E-state index contributed by atoms with van der Waals surface area (Å²) in [6, 6.07) is 1.44. The van der Waals surface area contributed by atoms with Gasteiger partial charge >= 0.3 is 0 Å². The van der Waals surface area contributed by atoms with Gasteiger partial charge in [0.05, 0.1) is 18.1 Å². The molecule has 0 saturated carbocycles. The Morgan fingerprint density at radius 1 is 1.47 bits per heavy atom. The average Bonchev–Trinajstić information content (AvgIpc) is 2.78. The summed E-state index contributed by atoms with van der Waals surface area (Å²) in [5.41, 5.74) is 0. The lowest BCUT2D eigenvalue weighted by molar-refractivity contribution is 0.260. The minimum Gasteiger partial charge on any atom is -0.395 e. The number of rotatable bonds is 7. The standard InChI is InChI=1S/C10H15NO4S2/c1-2-3-11(4-5-12)17(14,15)10-6-9(7-13)16-8-10/h2,6,8,12-13H,1,3-5,7H2. The van der Waals surface area contributed by atoms with Crippen molar-refractivity contribution in [1.29, 1.82) is 0 Å². The molecular weight excluding hydrogens is 262 g/mol. The van der Waals surface area contributed by atoms with Crippen LogP contribution in [0.2, 0.25) is 0 Å². The van der Waals surface area contributed by atoms with Gasteiger partial charge in [0.1, 0.15) is 0 Å². The van der Waals surface area contributed by atoms with Gasteiger partial charge in [-0.1, -0.05) is 6.08 Å². The molecule has 7 heteroatoms. The molecule has 0 spiro atoms. The quantitative estimate of drug-likeness (QED) is 0.708. The Balaban J connectivity index is 3.02. The van der Waals surface area contributed by atoms with Crippen molar-refractivity contribution in [3.63, 3.8) is 0 Å². The first-order chi connectivity index (χ1) is 8.06. The zero-order valence-electron chi connectivity index (χ0n) is 9.24. The van der Waals surface area contributed by atoms with Crippen LogP contribution in [0.5, 0.6) is 0 Å². The maximum atomic E-state index is 12.1. The number of aliphatic hydroxyl groups is 2. The normalized spacial score (nSPS) is 11.9. The van der Waals surface area contributed by atoms with E-state index in [1.807, 2.05) is 0 Å². The first kappa shape index (κ1) is 14.3. The van der Waals surface area contributed by atoms with Crippen molar-refractivity contribution in [3.05, 3.63) is 29.0 Å². The fourth-order valence-electron chi connectivity index (χ4n) is 1.29. The van der Waals surface area contributed by atoms with E-state index < -0.39 is 10.0 Å². The summed E-state index contributed by atoms with van der Waals surface area (Å²) in [7, 11) is -3.61. The molecule has 0 radical (unpaired) electrons. The van der Waals surface area contributed by atoms with E-state index in [9.17, 15) is 8.42 Å². The van der Waals surface area contributed by atoms with E-state index in [-0.39, 0.29) is 31.2 Å². The predicted molar refractivity (Wildman–Crippen MR) is 66.3 cm³/mol. The fraction of sp³-hybridized carbons (Fsp3) is 0.400. The highest BCUT2D eigenvalue weighted by Crippen LogP contribution is 2.22. The van der Waals surface area contributed by atoms with Gasteiger partial charge in [0, 0.05) is 23.3 Å². The molecule has 0 amide bonds. The third-order valence-corrected chi connectivity index (χ3v) is 5.02. The van der Waals surface area contributed by atoms with Gasteiger partial charge in [-0.05, 0) is 6.07 Å². The van der Waals surface area contributed by atoms with Gasteiger partial charge in [-0.25, -0.2) is 8.42 Å². The van der Waals surface area contributed by atoms with Crippen LogP contribution in [0, 0.1) is 0 Å². The molecule has 1 aromatic heterocycles. The zero-order chi connectivity index (χ0) is 12.9. The SMILES string of the molecule is C=CCN(CCO)S(=O)(=O)c1csc(CO)c1. The van der Waals surface area contributed by atoms with Crippen molar-refractivity contribution in [3.8, 4) is 0 Å². The van der Waals surface area contributed by atoms with Crippen LogP contribution in [-0.2, 0) is 16.6 Å². The molecule has 0 saturated heterocycles. The average molecular weight is 277 g/mol. The molecule has 1 heterocycles. The molecule has 17 heavy (non-hydrogen) atoms. The van der Waals surface area contributed by atoms with Crippen LogP contribution in [0.4, 0.5) is 0 Å². The number of sulfonamides is 1. The van der Waals surface area contributed by atoms with Gasteiger partial charge in [-0.3, -0.25) is 0 Å². The molecule has 0 aromatic carbocycles. The molecule has 0 fully saturated rings. The third kappa shape index (κ3) is 3.36. The number of thiophene rings is 1. The Bertz CT molecular complexity index is 466. The minimum absolute atomic E-state index is 0.0264. The highest BCUT2D eigenvalue weighted by molar-refractivity contribution is 7.89. The van der Waals surface area contributed by atoms with Crippen LogP contribution in [0.1, 0.15) is 4.88 Å². The second-order valence-electron chi connectivity index (χ2n) is 3.28. The molecule has 0 bridgehead atoms. The van der Waals surface area contributed by atoms with Crippen molar-refractivity contribution in [2.24, 2.45) is 0 Å². The molecule has 5 nitrogen and oxygen atoms in total. The minimum atomic E-state index is -3.61. The van der Waals surface area contributed by atoms with E-state index in [1.54, 1.807) is 0 Å². The predicted octanol–water partition coefficient (Wildman–Crippen LogP) is 0.409. The first-order valence-electron chi connectivity index (χ1n) is 4.96. The molecular formula is C10H15NO4S2. The van der Waals surface area contributed by atoms with Crippen LogP contribution in [0.25, 0.3) is 0 Å². The number of aliphatic hydroxyl groups excluding tert-OH is 2. The number of nitrogens with zero attached hydrogens (tertiary/aromatic N) is 1. The summed E-state index contributed by atoms with van der Waals surface area (Å²) < 4.78 is 25.4. The van der Waals surface area contributed by atoms with E-state index in [1.165, 1.54) is 28.9 Å². The summed E-state index contributed by atoms with van der Waals surface area (Å²) in [6.45, 7) is 3.23. The summed E-state index contributed by atoms with van der Waals surface area (Å²) in [5, 5.41) is 19.2. The number of hydrogen-bond donors (Lipinski definition) is 2. The maximum Gasteiger partial charge on any atom is 0.244 e. The lowest BCUT2D eigenvalue weighted by Crippen LogP contribution is -2.33. The molecule has 1 rings (SSSR count). The topological polar surface area (TPSA) is 77.8 Å². The largest absolute Gasteiger partial charge is 0.395 e. The molecule has 2 N–H and O–H groups in total. The van der Waals surface area contributed by atoms with Crippen molar-refractivity contribution < 1.29 is 18.6 Å². The van der Waals surface area contributed by atoms with Crippen LogP contribution in [-0.4, -0.2) is 42.6 Å². The fourth-order valence-corrected chi connectivity index (χ4v) is 3.82. The van der Waals surface area contributed by atoms with Crippen LogP contribution in [0.3, 0.4) is 0 Å². The second-order valence-corrected chi connectivity index (χ2v) is 6.22. The summed E-state index contributed by atoms with van der Waals surface area (Å²) >= 11 is 1.19. The van der Waals surface area contributed by atoms with E-state index in [0.717, 1.165) is 4.31 Å². The molecule has 0 atom stereocenters.